The predicted molar refractivity (Wildman–Crippen MR) is 97.8 cm³/mol. The number of nitriles is 1. The molecule has 2 aromatic rings. The van der Waals surface area contributed by atoms with Crippen LogP contribution in [0, 0.1) is 11.3 Å². The lowest BCUT2D eigenvalue weighted by Crippen LogP contribution is -2.22. The van der Waals surface area contributed by atoms with Crippen molar-refractivity contribution in [2.24, 2.45) is 0 Å². The second-order valence-electron chi connectivity index (χ2n) is 5.66. The maximum atomic E-state index is 11.6. The average Bonchev–Trinajstić information content (AvgIpc) is 2.98. The van der Waals surface area contributed by atoms with Crippen molar-refractivity contribution in [1.29, 1.82) is 5.26 Å². The Balaban J connectivity index is 1.82. The number of benzene rings is 2. The van der Waals surface area contributed by atoms with Crippen molar-refractivity contribution in [2.45, 2.75) is 13.5 Å². The van der Waals surface area contributed by atoms with E-state index in [-0.39, 0.29) is 12.3 Å². The first-order valence-corrected chi connectivity index (χ1v) is 8.32. The molecule has 1 fully saturated rings. The molecule has 0 atom stereocenters. The van der Waals surface area contributed by atoms with Gasteiger partial charge in [0.05, 0.1) is 18.2 Å². The first-order valence-electron chi connectivity index (χ1n) is 8.32. The van der Waals surface area contributed by atoms with E-state index >= 15 is 0 Å². The second kappa shape index (κ2) is 8.06. The van der Waals surface area contributed by atoms with Gasteiger partial charge in [-0.1, -0.05) is 24.3 Å². The lowest BCUT2D eigenvalue weighted by molar-refractivity contribution is -0.115. The van der Waals surface area contributed by atoms with Crippen LogP contribution >= 0.6 is 0 Å². The average molecular weight is 363 g/mol. The normalized spacial score (nSPS) is 14.4. The topological polar surface area (TPSA) is 100 Å². The minimum Gasteiger partial charge on any atom is -0.490 e. The molecule has 7 heteroatoms. The zero-order chi connectivity index (χ0) is 19.2. The fraction of sp³-hybridized carbons (Fsp3) is 0.150. The molecule has 3 amide bonds. The highest BCUT2D eigenvalue weighted by Gasteiger charge is 2.22. The van der Waals surface area contributed by atoms with Crippen LogP contribution in [-0.2, 0) is 11.4 Å². The van der Waals surface area contributed by atoms with Crippen LogP contribution in [0.1, 0.15) is 23.6 Å². The summed E-state index contributed by atoms with van der Waals surface area (Å²) in [6.45, 7) is 2.51. The van der Waals surface area contributed by atoms with E-state index in [1.807, 2.05) is 19.1 Å². The molecule has 1 saturated heterocycles. The SMILES string of the molecule is CCOc1cc(/C=C2/NC(=O)NC2=O)ccc1OCc1ccccc1C#N. The number of amides is 3. The molecule has 0 aromatic heterocycles. The number of carbonyl (C=O) groups excluding carboxylic acids is 2. The van der Waals surface area contributed by atoms with Crippen molar-refractivity contribution in [3.05, 3.63) is 64.9 Å². The molecule has 0 spiro atoms. The highest BCUT2D eigenvalue weighted by atomic mass is 16.5. The number of hydrogen-bond acceptors (Lipinski definition) is 5. The number of ether oxygens (including phenoxy) is 2. The summed E-state index contributed by atoms with van der Waals surface area (Å²) in [5, 5.41) is 13.8. The van der Waals surface area contributed by atoms with Gasteiger partial charge in [-0.25, -0.2) is 4.79 Å². The highest BCUT2D eigenvalue weighted by Crippen LogP contribution is 2.30. The Morgan fingerprint density at radius 2 is 1.89 bits per heavy atom. The molecule has 2 N–H and O–H groups in total. The Hall–Kier alpha value is -3.79. The van der Waals surface area contributed by atoms with Crippen LogP contribution in [0.4, 0.5) is 4.79 Å². The molecule has 136 valence electrons. The molecule has 27 heavy (non-hydrogen) atoms. The Morgan fingerprint density at radius 3 is 2.59 bits per heavy atom. The number of imide groups is 1. The first-order chi connectivity index (χ1) is 13.1. The molecule has 0 aliphatic carbocycles. The van der Waals surface area contributed by atoms with Gasteiger partial charge < -0.3 is 14.8 Å². The molecule has 0 saturated carbocycles. The summed E-state index contributed by atoms with van der Waals surface area (Å²) in [5.74, 6) is 0.545. The molecule has 0 unspecified atom stereocenters. The van der Waals surface area contributed by atoms with Crippen LogP contribution in [0.25, 0.3) is 6.08 Å². The molecule has 1 aliphatic heterocycles. The first kappa shape index (κ1) is 18.0. The maximum absolute atomic E-state index is 11.6. The molecule has 0 bridgehead atoms. The Kier molecular flexibility index (Phi) is 5.38. The summed E-state index contributed by atoms with van der Waals surface area (Å²) >= 11 is 0. The number of urea groups is 1. The van der Waals surface area contributed by atoms with Crippen molar-refractivity contribution in [2.75, 3.05) is 6.61 Å². The van der Waals surface area contributed by atoms with E-state index in [9.17, 15) is 9.59 Å². The number of nitrogens with zero attached hydrogens (tertiary/aromatic N) is 1. The second-order valence-corrected chi connectivity index (χ2v) is 5.66. The highest BCUT2D eigenvalue weighted by molar-refractivity contribution is 6.14. The molecule has 3 rings (SSSR count). The Bertz CT molecular complexity index is 960. The van der Waals surface area contributed by atoms with Crippen molar-refractivity contribution in [3.8, 4) is 17.6 Å². The lowest BCUT2D eigenvalue weighted by Gasteiger charge is -2.13. The predicted octanol–water partition coefficient (Wildman–Crippen LogP) is 2.72. The molecule has 7 nitrogen and oxygen atoms in total. The summed E-state index contributed by atoms with van der Waals surface area (Å²) in [6, 6.07) is 14.0. The van der Waals surface area contributed by atoms with Crippen LogP contribution < -0.4 is 20.1 Å². The summed E-state index contributed by atoms with van der Waals surface area (Å²) in [4.78, 5) is 22.8. The van der Waals surface area contributed by atoms with E-state index in [1.54, 1.807) is 36.4 Å². The van der Waals surface area contributed by atoms with Crippen LogP contribution in [0.15, 0.2) is 48.2 Å². The van der Waals surface area contributed by atoms with Gasteiger partial charge in [0.2, 0.25) is 0 Å². The summed E-state index contributed by atoms with van der Waals surface area (Å²) in [5.41, 5.74) is 2.17. The number of rotatable bonds is 6. The maximum Gasteiger partial charge on any atom is 0.326 e. The summed E-state index contributed by atoms with van der Waals surface area (Å²) in [6.07, 6.45) is 1.55. The molecular weight excluding hydrogens is 346 g/mol. The van der Waals surface area contributed by atoms with E-state index in [4.69, 9.17) is 14.7 Å². The zero-order valence-corrected chi connectivity index (χ0v) is 14.6. The van der Waals surface area contributed by atoms with Crippen LogP contribution in [-0.4, -0.2) is 18.5 Å². The van der Waals surface area contributed by atoms with Gasteiger partial charge in [-0.3, -0.25) is 10.1 Å². The molecule has 1 aliphatic rings. The fourth-order valence-electron chi connectivity index (χ4n) is 2.56. The quantitative estimate of drug-likeness (QED) is 0.607. The number of hydrogen-bond donors (Lipinski definition) is 2. The van der Waals surface area contributed by atoms with Crippen LogP contribution in [0.5, 0.6) is 11.5 Å². The molecular formula is C20H17N3O4. The van der Waals surface area contributed by atoms with Crippen molar-refractivity contribution >= 4 is 18.0 Å². The minimum atomic E-state index is -0.549. The van der Waals surface area contributed by atoms with E-state index in [1.165, 1.54) is 0 Å². The van der Waals surface area contributed by atoms with E-state index in [2.05, 4.69) is 16.7 Å². The molecule has 1 heterocycles. The van der Waals surface area contributed by atoms with Gasteiger partial charge in [0.25, 0.3) is 5.91 Å². The third kappa shape index (κ3) is 4.25. The van der Waals surface area contributed by atoms with Gasteiger partial charge in [-0.05, 0) is 36.8 Å². The van der Waals surface area contributed by atoms with Gasteiger partial charge in [-0.2, -0.15) is 5.26 Å². The zero-order valence-electron chi connectivity index (χ0n) is 14.6. The third-order valence-electron chi connectivity index (χ3n) is 3.82. The van der Waals surface area contributed by atoms with Crippen molar-refractivity contribution < 1.29 is 19.1 Å². The molecule has 2 aromatic carbocycles. The van der Waals surface area contributed by atoms with Gasteiger partial charge in [0, 0.05) is 5.56 Å². The summed E-state index contributed by atoms with van der Waals surface area (Å²) in [7, 11) is 0. The van der Waals surface area contributed by atoms with E-state index in [0.717, 1.165) is 5.56 Å². The van der Waals surface area contributed by atoms with Crippen LogP contribution in [0.2, 0.25) is 0 Å². The fourth-order valence-corrected chi connectivity index (χ4v) is 2.56. The number of nitrogens with one attached hydrogen (secondary N) is 2. The third-order valence-corrected chi connectivity index (χ3v) is 3.82. The van der Waals surface area contributed by atoms with Crippen LogP contribution in [0.3, 0.4) is 0 Å². The Morgan fingerprint density at radius 1 is 1.07 bits per heavy atom. The van der Waals surface area contributed by atoms with Gasteiger partial charge in [0.1, 0.15) is 12.3 Å². The standard InChI is InChI=1S/C20H17N3O4/c1-2-26-18-10-13(9-16-19(24)23-20(25)22-16)7-8-17(18)27-12-15-6-4-3-5-14(15)11-21/h3-10H,2,12H2,1H3,(H2,22,23,24,25)/b16-9+. The van der Waals surface area contributed by atoms with Crippen molar-refractivity contribution in [3.63, 3.8) is 0 Å². The summed E-state index contributed by atoms with van der Waals surface area (Å²) < 4.78 is 11.5. The van der Waals surface area contributed by atoms with E-state index < -0.39 is 11.9 Å². The smallest absolute Gasteiger partial charge is 0.326 e. The number of carbonyl (C=O) groups is 2. The monoisotopic (exact) mass is 363 g/mol. The van der Waals surface area contributed by atoms with Crippen molar-refractivity contribution in [1.82, 2.24) is 10.6 Å². The van der Waals surface area contributed by atoms with Gasteiger partial charge >= 0.3 is 6.03 Å². The largest absolute Gasteiger partial charge is 0.490 e. The van der Waals surface area contributed by atoms with Gasteiger partial charge in [-0.15, -0.1) is 0 Å². The molecule has 0 radical (unpaired) electrons. The van der Waals surface area contributed by atoms with Gasteiger partial charge in [0.15, 0.2) is 11.5 Å². The lowest BCUT2D eigenvalue weighted by atomic mass is 10.1. The minimum absolute atomic E-state index is 0.166. The Labute approximate surface area is 156 Å². The van der Waals surface area contributed by atoms with E-state index in [0.29, 0.717) is 29.2 Å².